The monoisotopic (exact) mass is 568 g/mol. The maximum absolute atomic E-state index is 13.6. The van der Waals surface area contributed by atoms with Crippen LogP contribution in [0.1, 0.15) is 66.8 Å². The van der Waals surface area contributed by atoms with Crippen LogP contribution >= 0.6 is 0 Å². The zero-order chi connectivity index (χ0) is 29.6. The Balaban J connectivity index is 1.72. The number of halogens is 3. The van der Waals surface area contributed by atoms with Crippen LogP contribution in [0.4, 0.5) is 30.5 Å². The molecule has 0 amide bonds. The SMILES string of the molecule is [C-]#[N+]c1cc(CN(Cc2cc3c(cc2N(CC)CCCCC(=O)O)CCCC3)c2ncn(C)n2)cc(C(F)(F)F)c1. The Morgan fingerprint density at radius 1 is 1.07 bits per heavy atom. The van der Waals surface area contributed by atoms with E-state index in [1.807, 2.05) is 4.90 Å². The fourth-order valence-corrected chi connectivity index (χ4v) is 5.36. The number of nitrogens with zero attached hydrogens (tertiary/aromatic N) is 6. The van der Waals surface area contributed by atoms with Crippen molar-refractivity contribution in [1.29, 1.82) is 0 Å². The second kappa shape index (κ2) is 13.1. The average molecular weight is 569 g/mol. The number of benzene rings is 2. The van der Waals surface area contributed by atoms with Crippen molar-refractivity contribution in [2.24, 2.45) is 7.05 Å². The maximum atomic E-state index is 13.6. The fourth-order valence-electron chi connectivity index (χ4n) is 5.36. The molecule has 0 radical (unpaired) electrons. The summed E-state index contributed by atoms with van der Waals surface area (Å²) in [5.74, 6) is -0.431. The first kappa shape index (κ1) is 29.9. The third kappa shape index (κ3) is 7.78. The van der Waals surface area contributed by atoms with Crippen molar-refractivity contribution in [2.75, 3.05) is 22.9 Å². The van der Waals surface area contributed by atoms with Crippen molar-refractivity contribution in [3.05, 3.63) is 75.9 Å². The third-order valence-electron chi connectivity index (χ3n) is 7.37. The van der Waals surface area contributed by atoms with Crippen LogP contribution in [0.2, 0.25) is 0 Å². The van der Waals surface area contributed by atoms with Crippen molar-refractivity contribution in [3.8, 4) is 0 Å². The molecule has 41 heavy (non-hydrogen) atoms. The van der Waals surface area contributed by atoms with E-state index in [1.165, 1.54) is 17.2 Å². The molecule has 11 heteroatoms. The number of alkyl halides is 3. The lowest BCUT2D eigenvalue weighted by molar-refractivity contribution is -0.138. The van der Waals surface area contributed by atoms with Gasteiger partial charge in [0.05, 0.1) is 6.57 Å². The highest BCUT2D eigenvalue weighted by Gasteiger charge is 2.31. The minimum Gasteiger partial charge on any atom is -0.481 e. The largest absolute Gasteiger partial charge is 0.481 e. The molecule has 1 aliphatic carbocycles. The van der Waals surface area contributed by atoms with E-state index in [9.17, 15) is 18.0 Å². The topological polar surface area (TPSA) is 78.9 Å². The van der Waals surface area contributed by atoms with E-state index in [4.69, 9.17) is 11.7 Å². The van der Waals surface area contributed by atoms with Gasteiger partial charge >= 0.3 is 12.1 Å². The van der Waals surface area contributed by atoms with Gasteiger partial charge in [0, 0.05) is 50.9 Å². The number of hydrogen-bond donors (Lipinski definition) is 1. The molecule has 0 aliphatic heterocycles. The summed E-state index contributed by atoms with van der Waals surface area (Å²) >= 11 is 0. The van der Waals surface area contributed by atoms with Gasteiger partial charge in [-0.15, -0.1) is 5.10 Å². The summed E-state index contributed by atoms with van der Waals surface area (Å²) < 4.78 is 42.4. The molecule has 0 unspecified atom stereocenters. The molecule has 1 heterocycles. The third-order valence-corrected chi connectivity index (χ3v) is 7.37. The Labute approximate surface area is 238 Å². The van der Waals surface area contributed by atoms with Gasteiger partial charge in [-0.3, -0.25) is 9.48 Å². The Morgan fingerprint density at radius 3 is 2.41 bits per heavy atom. The number of rotatable bonds is 12. The van der Waals surface area contributed by atoms with Gasteiger partial charge in [-0.2, -0.15) is 13.2 Å². The summed E-state index contributed by atoms with van der Waals surface area (Å²) in [7, 11) is 1.73. The van der Waals surface area contributed by atoms with E-state index in [1.54, 1.807) is 18.1 Å². The van der Waals surface area contributed by atoms with E-state index < -0.39 is 17.7 Å². The molecule has 0 atom stereocenters. The van der Waals surface area contributed by atoms with Gasteiger partial charge in [0.15, 0.2) is 5.69 Å². The average Bonchev–Trinajstić information content (AvgIpc) is 3.38. The molecule has 0 bridgehead atoms. The van der Waals surface area contributed by atoms with E-state index in [0.717, 1.165) is 62.0 Å². The standard InChI is InChI=1S/C30H35F3N6O2/c1-4-38(12-8-7-11-28(40)41)27-16-23-10-6-5-9-22(23)15-24(27)19-39(29-35-20-37(3)36-29)18-21-13-25(30(31,32)33)17-26(14-21)34-2/h13-17,20H,4-12,18-19H2,1,3H3,(H,40,41). The molecule has 8 nitrogen and oxygen atoms in total. The predicted octanol–water partition coefficient (Wildman–Crippen LogP) is 6.55. The summed E-state index contributed by atoms with van der Waals surface area (Å²) in [4.78, 5) is 22.8. The van der Waals surface area contributed by atoms with Crippen molar-refractivity contribution in [2.45, 2.75) is 71.1 Å². The van der Waals surface area contributed by atoms with Gasteiger partial charge in [-0.05, 0) is 85.9 Å². The molecular weight excluding hydrogens is 533 g/mol. The number of fused-ring (bicyclic) bond motifs is 1. The molecule has 2 aromatic carbocycles. The lowest BCUT2D eigenvalue weighted by Gasteiger charge is -2.31. The van der Waals surface area contributed by atoms with Crippen LogP contribution in [-0.4, -0.2) is 38.9 Å². The summed E-state index contributed by atoms with van der Waals surface area (Å²) in [5, 5.41) is 13.5. The number of hydrogen-bond acceptors (Lipinski definition) is 5. The number of anilines is 2. The highest BCUT2D eigenvalue weighted by Crippen LogP contribution is 2.35. The number of carbonyl (C=O) groups is 1. The Hall–Kier alpha value is -4.07. The minimum atomic E-state index is -4.57. The van der Waals surface area contributed by atoms with Crippen molar-refractivity contribution in [3.63, 3.8) is 0 Å². The van der Waals surface area contributed by atoms with Crippen LogP contribution < -0.4 is 9.80 Å². The number of carboxylic acid groups (broad SMARTS) is 1. The van der Waals surface area contributed by atoms with Crippen LogP contribution in [0, 0.1) is 6.57 Å². The van der Waals surface area contributed by atoms with Crippen LogP contribution in [0.5, 0.6) is 0 Å². The summed E-state index contributed by atoms with van der Waals surface area (Å²) in [6.45, 7) is 11.2. The molecule has 3 aromatic rings. The van der Waals surface area contributed by atoms with Crippen LogP contribution in [0.15, 0.2) is 36.7 Å². The number of aromatic nitrogens is 3. The lowest BCUT2D eigenvalue weighted by atomic mass is 9.89. The predicted molar refractivity (Wildman–Crippen MR) is 151 cm³/mol. The van der Waals surface area contributed by atoms with E-state index in [-0.39, 0.29) is 18.7 Å². The summed E-state index contributed by atoms with van der Waals surface area (Å²) in [6, 6.07) is 7.86. The zero-order valence-electron chi connectivity index (χ0n) is 23.4. The van der Waals surface area contributed by atoms with Crippen LogP contribution in [0.25, 0.3) is 4.85 Å². The van der Waals surface area contributed by atoms with Gasteiger partial charge in [-0.25, -0.2) is 9.83 Å². The maximum Gasteiger partial charge on any atom is 0.415 e. The number of carboxylic acids is 1. The molecule has 0 spiro atoms. The molecule has 0 fully saturated rings. The lowest BCUT2D eigenvalue weighted by Crippen LogP contribution is -2.29. The molecule has 218 valence electrons. The highest BCUT2D eigenvalue weighted by atomic mass is 19.4. The van der Waals surface area contributed by atoms with Crippen molar-refractivity contribution in [1.82, 2.24) is 14.8 Å². The Bertz CT molecular complexity index is 1410. The van der Waals surface area contributed by atoms with Crippen molar-refractivity contribution < 1.29 is 23.1 Å². The Kier molecular flexibility index (Phi) is 9.53. The summed E-state index contributed by atoms with van der Waals surface area (Å²) in [5.41, 5.74) is 4.05. The van der Waals surface area contributed by atoms with Crippen LogP contribution in [0.3, 0.4) is 0 Å². The number of aliphatic carboxylic acids is 1. The molecule has 4 rings (SSSR count). The molecule has 0 saturated heterocycles. The number of aryl methyl sites for hydroxylation is 3. The van der Waals surface area contributed by atoms with Crippen molar-refractivity contribution >= 4 is 23.3 Å². The Morgan fingerprint density at radius 2 is 1.80 bits per heavy atom. The highest BCUT2D eigenvalue weighted by molar-refractivity contribution is 5.66. The normalized spacial score (nSPS) is 13.0. The molecular formula is C30H35F3N6O2. The van der Waals surface area contributed by atoms with Gasteiger partial charge < -0.3 is 14.9 Å². The molecule has 1 N–H and O–H groups in total. The molecule has 0 saturated carbocycles. The van der Waals surface area contributed by atoms with E-state index >= 15 is 0 Å². The smallest absolute Gasteiger partial charge is 0.415 e. The quantitative estimate of drug-likeness (QED) is 0.197. The zero-order valence-corrected chi connectivity index (χ0v) is 23.4. The number of unbranched alkanes of at least 4 members (excludes halogenated alkanes) is 1. The van der Waals surface area contributed by atoms with Gasteiger partial charge in [0.25, 0.3) is 0 Å². The summed E-state index contributed by atoms with van der Waals surface area (Å²) in [6.07, 6.45) is 2.60. The molecule has 1 aliphatic rings. The van der Waals surface area contributed by atoms with Gasteiger partial charge in [0.2, 0.25) is 5.95 Å². The second-order valence-corrected chi connectivity index (χ2v) is 10.5. The first-order chi connectivity index (χ1) is 19.6. The van der Waals surface area contributed by atoms with Gasteiger partial charge in [0.1, 0.15) is 6.33 Å². The fraction of sp³-hybridized carbons (Fsp3) is 0.467. The minimum absolute atomic E-state index is 0.0725. The second-order valence-electron chi connectivity index (χ2n) is 10.5. The van der Waals surface area contributed by atoms with E-state index in [0.29, 0.717) is 31.0 Å². The van der Waals surface area contributed by atoms with E-state index in [2.05, 4.69) is 38.9 Å². The molecule has 1 aromatic heterocycles. The van der Waals surface area contributed by atoms with Gasteiger partial charge in [-0.1, -0.05) is 12.1 Å². The first-order valence-electron chi connectivity index (χ1n) is 13.9. The van der Waals surface area contributed by atoms with Crippen LogP contribution in [-0.2, 0) is 43.9 Å². The first-order valence-corrected chi connectivity index (χ1v) is 13.9.